The van der Waals surface area contributed by atoms with E-state index in [0.717, 1.165) is 0 Å². The number of aromatic hydroxyl groups is 1. The molecule has 0 heterocycles. The Balaban J connectivity index is 3.49. The first-order chi connectivity index (χ1) is 6.73. The SMILES string of the molecule is O=[N+]([O-])c1cc(Cl)cc(C(F)(F)F)c1O. The van der Waals surface area contributed by atoms with E-state index in [0.29, 0.717) is 12.1 Å². The third-order valence-corrected chi connectivity index (χ3v) is 1.77. The van der Waals surface area contributed by atoms with Crippen LogP contribution in [0.15, 0.2) is 12.1 Å². The average Bonchev–Trinajstić information content (AvgIpc) is 2.06. The number of hydrogen-bond acceptors (Lipinski definition) is 3. The molecular formula is C7H3ClF3NO3. The fraction of sp³-hybridized carbons (Fsp3) is 0.143. The lowest BCUT2D eigenvalue weighted by atomic mass is 10.1. The summed E-state index contributed by atoms with van der Waals surface area (Å²) in [5.41, 5.74) is -2.60. The molecule has 0 fully saturated rings. The molecule has 0 aliphatic heterocycles. The Morgan fingerprint density at radius 1 is 1.40 bits per heavy atom. The monoisotopic (exact) mass is 241 g/mol. The summed E-state index contributed by atoms with van der Waals surface area (Å²) in [6.45, 7) is 0. The van der Waals surface area contributed by atoms with Crippen LogP contribution in [-0.2, 0) is 6.18 Å². The number of nitro benzene ring substituents is 1. The fourth-order valence-electron chi connectivity index (χ4n) is 0.940. The number of phenols is 1. The van der Waals surface area contributed by atoms with Crippen molar-refractivity contribution in [2.75, 3.05) is 0 Å². The quantitative estimate of drug-likeness (QED) is 0.607. The van der Waals surface area contributed by atoms with Gasteiger partial charge in [0, 0.05) is 11.1 Å². The van der Waals surface area contributed by atoms with Gasteiger partial charge in [-0.15, -0.1) is 0 Å². The summed E-state index contributed by atoms with van der Waals surface area (Å²) in [7, 11) is 0. The largest absolute Gasteiger partial charge is 0.502 e. The summed E-state index contributed by atoms with van der Waals surface area (Å²) in [6.07, 6.45) is -4.89. The van der Waals surface area contributed by atoms with Crippen LogP contribution in [0.3, 0.4) is 0 Å². The van der Waals surface area contributed by atoms with Crippen LogP contribution in [0.4, 0.5) is 18.9 Å². The van der Waals surface area contributed by atoms with Gasteiger partial charge in [-0.2, -0.15) is 13.2 Å². The zero-order valence-corrected chi connectivity index (χ0v) is 7.63. The maximum absolute atomic E-state index is 12.2. The molecule has 0 aromatic heterocycles. The molecule has 0 aliphatic carbocycles. The molecule has 0 unspecified atom stereocenters. The van der Waals surface area contributed by atoms with Gasteiger partial charge in [-0.05, 0) is 6.07 Å². The van der Waals surface area contributed by atoms with Crippen LogP contribution in [0, 0.1) is 10.1 Å². The van der Waals surface area contributed by atoms with E-state index in [4.69, 9.17) is 16.7 Å². The Kier molecular flexibility index (Phi) is 2.76. The van der Waals surface area contributed by atoms with Crippen LogP contribution in [0.2, 0.25) is 5.02 Å². The topological polar surface area (TPSA) is 63.4 Å². The van der Waals surface area contributed by atoms with Crippen molar-refractivity contribution in [3.05, 3.63) is 32.8 Å². The van der Waals surface area contributed by atoms with Crippen molar-refractivity contribution in [1.82, 2.24) is 0 Å². The molecule has 1 aromatic carbocycles. The van der Waals surface area contributed by atoms with Gasteiger partial charge in [0.15, 0.2) is 0 Å². The minimum atomic E-state index is -4.89. The van der Waals surface area contributed by atoms with Crippen LogP contribution in [-0.4, -0.2) is 10.0 Å². The van der Waals surface area contributed by atoms with Gasteiger partial charge >= 0.3 is 11.9 Å². The Hall–Kier alpha value is -1.50. The zero-order chi connectivity index (χ0) is 11.8. The van der Waals surface area contributed by atoms with E-state index in [2.05, 4.69) is 0 Å². The molecule has 4 nitrogen and oxygen atoms in total. The van der Waals surface area contributed by atoms with Gasteiger partial charge < -0.3 is 5.11 Å². The third kappa shape index (κ3) is 2.30. The average molecular weight is 242 g/mol. The van der Waals surface area contributed by atoms with Crippen molar-refractivity contribution in [3.63, 3.8) is 0 Å². The lowest BCUT2D eigenvalue weighted by Gasteiger charge is -2.08. The molecule has 0 spiro atoms. The number of phenolic OH excluding ortho intramolecular Hbond substituents is 1. The predicted molar refractivity (Wildman–Crippen MR) is 44.8 cm³/mol. The fourth-order valence-corrected chi connectivity index (χ4v) is 1.15. The van der Waals surface area contributed by atoms with Crippen molar-refractivity contribution in [1.29, 1.82) is 0 Å². The van der Waals surface area contributed by atoms with Gasteiger partial charge in [0.05, 0.1) is 4.92 Å². The molecule has 0 radical (unpaired) electrons. The van der Waals surface area contributed by atoms with Gasteiger partial charge in [0.2, 0.25) is 5.75 Å². The zero-order valence-electron chi connectivity index (χ0n) is 6.88. The van der Waals surface area contributed by atoms with Crippen LogP contribution in [0.5, 0.6) is 5.75 Å². The van der Waals surface area contributed by atoms with Gasteiger partial charge in [0.1, 0.15) is 5.56 Å². The molecule has 0 atom stereocenters. The van der Waals surface area contributed by atoms with Crippen molar-refractivity contribution in [3.8, 4) is 5.75 Å². The van der Waals surface area contributed by atoms with Gasteiger partial charge in [-0.1, -0.05) is 11.6 Å². The smallest absolute Gasteiger partial charge is 0.420 e. The van der Waals surface area contributed by atoms with Gasteiger partial charge in [-0.25, -0.2) is 0 Å². The molecule has 0 bridgehead atoms. The van der Waals surface area contributed by atoms with E-state index >= 15 is 0 Å². The van der Waals surface area contributed by atoms with E-state index in [1.165, 1.54) is 0 Å². The van der Waals surface area contributed by atoms with Crippen molar-refractivity contribution < 1.29 is 23.2 Å². The van der Waals surface area contributed by atoms with E-state index in [1.807, 2.05) is 0 Å². The molecular weight excluding hydrogens is 239 g/mol. The second-order valence-corrected chi connectivity index (χ2v) is 3.01. The number of benzene rings is 1. The van der Waals surface area contributed by atoms with Crippen LogP contribution >= 0.6 is 11.6 Å². The Labute approximate surface area is 86.0 Å². The first kappa shape index (κ1) is 11.6. The van der Waals surface area contributed by atoms with Gasteiger partial charge in [0.25, 0.3) is 0 Å². The van der Waals surface area contributed by atoms with Crippen LogP contribution in [0.1, 0.15) is 5.56 Å². The van der Waals surface area contributed by atoms with E-state index < -0.39 is 33.1 Å². The summed E-state index contributed by atoms with van der Waals surface area (Å²) < 4.78 is 36.7. The number of nitrogens with zero attached hydrogens (tertiary/aromatic N) is 1. The Morgan fingerprint density at radius 3 is 2.33 bits per heavy atom. The summed E-state index contributed by atoms with van der Waals surface area (Å²) in [5.74, 6) is -1.43. The highest BCUT2D eigenvalue weighted by Gasteiger charge is 2.37. The third-order valence-electron chi connectivity index (χ3n) is 1.56. The summed E-state index contributed by atoms with van der Waals surface area (Å²) in [4.78, 5) is 9.13. The second kappa shape index (κ2) is 3.58. The predicted octanol–water partition coefficient (Wildman–Crippen LogP) is 2.97. The summed E-state index contributed by atoms with van der Waals surface area (Å²) in [6, 6.07) is 1.07. The molecule has 82 valence electrons. The number of nitro groups is 1. The van der Waals surface area contributed by atoms with Crippen molar-refractivity contribution >= 4 is 17.3 Å². The lowest BCUT2D eigenvalue weighted by molar-refractivity contribution is -0.386. The molecule has 8 heteroatoms. The van der Waals surface area contributed by atoms with Crippen molar-refractivity contribution in [2.24, 2.45) is 0 Å². The van der Waals surface area contributed by atoms with Crippen LogP contribution < -0.4 is 0 Å². The summed E-state index contributed by atoms with van der Waals surface area (Å²) >= 11 is 5.26. The molecule has 1 rings (SSSR count). The van der Waals surface area contributed by atoms with E-state index in [1.54, 1.807) is 0 Å². The van der Waals surface area contributed by atoms with Gasteiger partial charge in [-0.3, -0.25) is 10.1 Å². The normalized spacial score (nSPS) is 11.5. The Bertz CT molecular complexity index is 419. The molecule has 0 saturated carbocycles. The molecule has 15 heavy (non-hydrogen) atoms. The highest BCUT2D eigenvalue weighted by Crippen LogP contribution is 2.42. The number of rotatable bonds is 1. The van der Waals surface area contributed by atoms with Crippen LogP contribution in [0.25, 0.3) is 0 Å². The minimum absolute atomic E-state index is 0.421. The number of hydrogen-bond donors (Lipinski definition) is 1. The first-order valence-corrected chi connectivity index (χ1v) is 3.85. The molecule has 0 amide bonds. The Morgan fingerprint density at radius 2 is 1.93 bits per heavy atom. The maximum Gasteiger partial charge on any atom is 0.420 e. The number of halogens is 4. The standard InChI is InChI=1S/C7H3ClF3NO3/c8-3-1-4(7(9,10)11)6(13)5(2-3)12(14)15/h1-2,13H. The lowest BCUT2D eigenvalue weighted by Crippen LogP contribution is -2.06. The second-order valence-electron chi connectivity index (χ2n) is 2.58. The highest BCUT2D eigenvalue weighted by atomic mass is 35.5. The minimum Gasteiger partial charge on any atom is -0.502 e. The van der Waals surface area contributed by atoms with E-state index in [9.17, 15) is 23.3 Å². The molecule has 0 saturated heterocycles. The highest BCUT2D eigenvalue weighted by molar-refractivity contribution is 6.31. The molecule has 0 aliphatic rings. The summed E-state index contributed by atoms with van der Waals surface area (Å²) in [5, 5.41) is 18.8. The maximum atomic E-state index is 12.2. The first-order valence-electron chi connectivity index (χ1n) is 3.47. The molecule has 1 aromatic rings. The molecule has 1 N–H and O–H groups in total. The number of alkyl halides is 3. The van der Waals surface area contributed by atoms with E-state index in [-0.39, 0.29) is 0 Å². The van der Waals surface area contributed by atoms with Crippen molar-refractivity contribution in [2.45, 2.75) is 6.18 Å².